The molecule has 1 aliphatic rings. The van der Waals surface area contributed by atoms with Crippen LogP contribution in [0.4, 0.5) is 11.6 Å². The van der Waals surface area contributed by atoms with E-state index >= 15 is 0 Å². The van der Waals surface area contributed by atoms with Crippen LogP contribution in [0.15, 0.2) is 32.7 Å². The van der Waals surface area contributed by atoms with E-state index in [2.05, 4.69) is 31.2 Å². The molecule has 10 heteroatoms. The van der Waals surface area contributed by atoms with Gasteiger partial charge in [-0.2, -0.15) is 4.98 Å². The van der Waals surface area contributed by atoms with E-state index in [1.165, 1.54) is 14.2 Å². The van der Waals surface area contributed by atoms with E-state index in [0.29, 0.717) is 26.9 Å². The summed E-state index contributed by atoms with van der Waals surface area (Å²) in [5.41, 5.74) is 7.21. The molecule has 0 fully saturated rings. The van der Waals surface area contributed by atoms with Gasteiger partial charge in [0.15, 0.2) is 11.5 Å². The molecule has 0 aliphatic carbocycles. The average Bonchev–Trinajstić information content (AvgIpc) is 2.61. The number of H-pyrrole nitrogens is 1. The number of esters is 1. The van der Waals surface area contributed by atoms with Crippen LogP contribution in [0.2, 0.25) is 0 Å². The molecule has 0 amide bonds. The number of ether oxygens (including phenoxy) is 2. The first-order valence-corrected chi connectivity index (χ1v) is 8.60. The number of aromatic nitrogens is 2. The lowest BCUT2D eigenvalue weighted by molar-refractivity contribution is -0.136. The van der Waals surface area contributed by atoms with Gasteiger partial charge in [-0.25, -0.2) is 9.59 Å². The standard InChI is InChI=1S/C17H17BrN4O5/c1-6-10(16(24)27-3)11(7-4-8(18)13(23)9(5-7)26-2)12-14(19)21-17(25)22-15(12)20-6/h4-5,11,23H,1-3H3,(H4,19,20,21,22,25). The van der Waals surface area contributed by atoms with Gasteiger partial charge in [-0.15, -0.1) is 0 Å². The van der Waals surface area contributed by atoms with Crippen LogP contribution >= 0.6 is 15.9 Å². The number of nitrogen functional groups attached to an aromatic ring is 1. The number of aromatic hydroxyl groups is 1. The number of phenols is 1. The number of phenolic OH excluding ortho intramolecular Hbond substituents is 1. The Morgan fingerprint density at radius 1 is 1.37 bits per heavy atom. The van der Waals surface area contributed by atoms with Crippen molar-refractivity contribution in [1.82, 2.24) is 9.97 Å². The minimum absolute atomic E-state index is 0.0690. The first kappa shape index (κ1) is 18.8. The van der Waals surface area contributed by atoms with Gasteiger partial charge in [-0.3, -0.25) is 4.98 Å². The number of benzene rings is 1. The maximum absolute atomic E-state index is 12.5. The third kappa shape index (κ3) is 3.12. The summed E-state index contributed by atoms with van der Waals surface area (Å²) in [6, 6.07) is 3.22. The maximum atomic E-state index is 12.5. The Labute approximate surface area is 162 Å². The Balaban J connectivity index is 2.35. The van der Waals surface area contributed by atoms with Crippen LogP contribution < -0.4 is 21.5 Å². The molecule has 2 heterocycles. The van der Waals surface area contributed by atoms with Crippen molar-refractivity contribution in [2.24, 2.45) is 0 Å². The fraction of sp³-hybridized carbons (Fsp3) is 0.235. The number of rotatable bonds is 3. The van der Waals surface area contributed by atoms with Gasteiger partial charge in [0.1, 0.15) is 11.6 Å². The first-order chi connectivity index (χ1) is 12.8. The Bertz CT molecular complexity index is 1030. The SMILES string of the molecule is COC(=O)C1=C(C)Nc2nc(=O)[nH]c(N)c2C1c1cc(Br)c(O)c(OC)c1. The van der Waals surface area contributed by atoms with Crippen LogP contribution in [0.25, 0.3) is 0 Å². The van der Waals surface area contributed by atoms with Gasteiger partial charge in [0.2, 0.25) is 0 Å². The fourth-order valence-electron chi connectivity index (χ4n) is 3.12. The van der Waals surface area contributed by atoms with E-state index in [1.54, 1.807) is 19.1 Å². The van der Waals surface area contributed by atoms with E-state index in [9.17, 15) is 14.7 Å². The second-order valence-corrected chi connectivity index (χ2v) is 6.71. The van der Waals surface area contributed by atoms with Crippen molar-refractivity contribution in [2.75, 3.05) is 25.3 Å². The van der Waals surface area contributed by atoms with Crippen molar-refractivity contribution in [2.45, 2.75) is 12.8 Å². The lowest BCUT2D eigenvalue weighted by Crippen LogP contribution is -2.28. The minimum Gasteiger partial charge on any atom is -0.503 e. The van der Waals surface area contributed by atoms with Crippen LogP contribution in [-0.4, -0.2) is 35.3 Å². The molecule has 0 radical (unpaired) electrons. The zero-order valence-corrected chi connectivity index (χ0v) is 16.3. The van der Waals surface area contributed by atoms with Gasteiger partial charge < -0.3 is 25.6 Å². The van der Waals surface area contributed by atoms with E-state index in [4.69, 9.17) is 15.2 Å². The molecule has 9 nitrogen and oxygen atoms in total. The van der Waals surface area contributed by atoms with E-state index in [-0.39, 0.29) is 23.1 Å². The van der Waals surface area contributed by atoms with Crippen molar-refractivity contribution in [1.29, 1.82) is 0 Å². The molecule has 1 aromatic heterocycles. The largest absolute Gasteiger partial charge is 0.503 e. The quantitative estimate of drug-likeness (QED) is 0.534. The molecular formula is C17H17BrN4O5. The number of allylic oxidation sites excluding steroid dienone is 1. The molecule has 5 N–H and O–H groups in total. The number of halogens is 1. The van der Waals surface area contributed by atoms with Crippen LogP contribution in [0, 0.1) is 0 Å². The molecular weight excluding hydrogens is 420 g/mol. The Kier molecular flexibility index (Phi) is 4.83. The van der Waals surface area contributed by atoms with Crippen LogP contribution in [0.1, 0.15) is 24.0 Å². The van der Waals surface area contributed by atoms with Crippen molar-refractivity contribution < 1.29 is 19.4 Å². The number of carbonyl (C=O) groups is 1. The number of anilines is 2. The highest BCUT2D eigenvalue weighted by molar-refractivity contribution is 9.10. The number of nitrogens with zero attached hydrogens (tertiary/aromatic N) is 1. The van der Waals surface area contributed by atoms with Crippen molar-refractivity contribution in [3.05, 3.63) is 49.5 Å². The summed E-state index contributed by atoms with van der Waals surface area (Å²) >= 11 is 3.28. The normalized spacial score (nSPS) is 15.8. The zero-order chi connectivity index (χ0) is 19.9. The number of fused-ring (bicyclic) bond motifs is 1. The van der Waals surface area contributed by atoms with Crippen molar-refractivity contribution in [3.63, 3.8) is 0 Å². The molecule has 1 aromatic carbocycles. The lowest BCUT2D eigenvalue weighted by atomic mass is 9.82. The van der Waals surface area contributed by atoms with Gasteiger partial charge in [0, 0.05) is 11.3 Å². The van der Waals surface area contributed by atoms with E-state index in [1.807, 2.05) is 0 Å². The fourth-order valence-corrected chi connectivity index (χ4v) is 3.58. The highest BCUT2D eigenvalue weighted by atomic mass is 79.9. The van der Waals surface area contributed by atoms with Crippen LogP contribution in [0.5, 0.6) is 11.5 Å². The van der Waals surface area contributed by atoms with Gasteiger partial charge in [-0.05, 0) is 40.5 Å². The number of aromatic amines is 1. The molecule has 1 aliphatic heterocycles. The summed E-state index contributed by atoms with van der Waals surface area (Å²) in [5.74, 6) is -0.831. The molecule has 0 saturated heterocycles. The second-order valence-electron chi connectivity index (χ2n) is 5.86. The summed E-state index contributed by atoms with van der Waals surface area (Å²) in [4.78, 5) is 30.6. The molecule has 0 spiro atoms. The molecule has 3 rings (SSSR count). The minimum atomic E-state index is -0.705. The lowest BCUT2D eigenvalue weighted by Gasteiger charge is -2.30. The highest BCUT2D eigenvalue weighted by Gasteiger charge is 2.36. The van der Waals surface area contributed by atoms with Crippen molar-refractivity contribution >= 4 is 33.5 Å². The summed E-state index contributed by atoms with van der Waals surface area (Å²) < 4.78 is 10.5. The molecule has 0 bridgehead atoms. The van der Waals surface area contributed by atoms with Gasteiger partial charge in [0.25, 0.3) is 0 Å². The number of nitrogens with one attached hydrogen (secondary N) is 2. The van der Waals surface area contributed by atoms with E-state index < -0.39 is 17.6 Å². The van der Waals surface area contributed by atoms with Gasteiger partial charge in [0.05, 0.1) is 30.2 Å². The number of carbonyl (C=O) groups excluding carboxylic acids is 1. The summed E-state index contributed by atoms with van der Waals surface area (Å²) in [6.07, 6.45) is 0. The summed E-state index contributed by atoms with van der Waals surface area (Å²) in [5, 5.41) is 13.0. The van der Waals surface area contributed by atoms with Gasteiger partial charge in [-0.1, -0.05) is 0 Å². The molecule has 27 heavy (non-hydrogen) atoms. The molecule has 2 aromatic rings. The Hall–Kier alpha value is -3.01. The number of nitrogens with two attached hydrogens (primary N) is 1. The average molecular weight is 437 g/mol. The van der Waals surface area contributed by atoms with Crippen LogP contribution in [0.3, 0.4) is 0 Å². The molecule has 1 atom stereocenters. The zero-order valence-electron chi connectivity index (χ0n) is 14.7. The third-order valence-corrected chi connectivity index (χ3v) is 4.90. The number of hydrogen-bond acceptors (Lipinski definition) is 8. The smallest absolute Gasteiger partial charge is 0.348 e. The molecule has 0 saturated carbocycles. The molecule has 1 unspecified atom stereocenters. The summed E-state index contributed by atoms with van der Waals surface area (Å²) in [7, 11) is 2.69. The van der Waals surface area contributed by atoms with E-state index in [0.717, 1.165) is 0 Å². The predicted octanol–water partition coefficient (Wildman–Crippen LogP) is 1.83. The Morgan fingerprint density at radius 2 is 2.07 bits per heavy atom. The summed E-state index contributed by atoms with van der Waals surface area (Å²) in [6.45, 7) is 1.67. The first-order valence-electron chi connectivity index (χ1n) is 7.80. The van der Waals surface area contributed by atoms with Crippen molar-refractivity contribution in [3.8, 4) is 11.5 Å². The number of hydrogen-bond donors (Lipinski definition) is 4. The second kappa shape index (κ2) is 6.95. The monoisotopic (exact) mass is 436 g/mol. The topological polar surface area (TPSA) is 140 Å². The van der Waals surface area contributed by atoms with Crippen LogP contribution in [-0.2, 0) is 9.53 Å². The maximum Gasteiger partial charge on any atom is 0.348 e. The van der Waals surface area contributed by atoms with Gasteiger partial charge >= 0.3 is 11.7 Å². The Morgan fingerprint density at radius 3 is 2.70 bits per heavy atom. The molecule has 142 valence electrons. The number of methoxy groups -OCH3 is 2. The third-order valence-electron chi connectivity index (χ3n) is 4.30. The highest BCUT2D eigenvalue weighted by Crippen LogP contribution is 2.46. The predicted molar refractivity (Wildman–Crippen MR) is 102 cm³/mol.